The summed E-state index contributed by atoms with van der Waals surface area (Å²) in [5.41, 5.74) is 1.10. The van der Waals surface area contributed by atoms with Crippen molar-refractivity contribution in [2.24, 2.45) is 10.9 Å². The third-order valence-corrected chi connectivity index (χ3v) is 3.48. The molecule has 2 rings (SSSR count). The van der Waals surface area contributed by atoms with Crippen molar-refractivity contribution >= 4 is 6.21 Å². The van der Waals surface area contributed by atoms with Gasteiger partial charge in [-0.05, 0) is 24.3 Å². The van der Waals surface area contributed by atoms with Gasteiger partial charge in [0.05, 0.1) is 12.6 Å². The van der Waals surface area contributed by atoms with Gasteiger partial charge in [-0.2, -0.15) is 0 Å². The Morgan fingerprint density at radius 1 is 1.18 bits per heavy atom. The van der Waals surface area contributed by atoms with Gasteiger partial charge in [0.15, 0.2) is 0 Å². The van der Waals surface area contributed by atoms with Gasteiger partial charge in [-0.25, -0.2) is 0 Å². The van der Waals surface area contributed by atoms with E-state index in [-0.39, 0.29) is 12.6 Å². The van der Waals surface area contributed by atoms with Crippen LogP contribution in [0.4, 0.5) is 0 Å². The largest absolute Gasteiger partial charge is 0.394 e. The van der Waals surface area contributed by atoms with E-state index in [1.54, 1.807) is 0 Å². The predicted molar refractivity (Wildman–Crippen MR) is 71.3 cm³/mol. The Kier molecular flexibility index (Phi) is 4.75. The van der Waals surface area contributed by atoms with Crippen LogP contribution in [0.3, 0.4) is 0 Å². The highest BCUT2D eigenvalue weighted by Gasteiger charge is 2.12. The number of nitrogens with zero attached hydrogens (tertiary/aromatic N) is 1. The Hall–Kier alpha value is -1.15. The monoisotopic (exact) mass is 231 g/mol. The van der Waals surface area contributed by atoms with Crippen molar-refractivity contribution in [3.8, 4) is 0 Å². The molecule has 0 radical (unpaired) electrons. The maximum absolute atomic E-state index is 9.40. The fraction of sp³-hybridized carbons (Fsp3) is 0.533. The quantitative estimate of drug-likeness (QED) is 0.792. The zero-order valence-corrected chi connectivity index (χ0v) is 10.3. The van der Waals surface area contributed by atoms with Crippen LogP contribution >= 0.6 is 0 Å². The Bertz CT molecular complexity index is 341. The molecule has 0 heterocycles. The van der Waals surface area contributed by atoms with Gasteiger partial charge in [0.2, 0.25) is 0 Å². The van der Waals surface area contributed by atoms with Crippen molar-refractivity contribution in [1.29, 1.82) is 0 Å². The van der Waals surface area contributed by atoms with Crippen LogP contribution in [0.25, 0.3) is 0 Å². The molecule has 1 aliphatic rings. The van der Waals surface area contributed by atoms with E-state index in [0.717, 1.165) is 5.56 Å². The van der Waals surface area contributed by atoms with Crippen molar-refractivity contribution in [2.75, 3.05) is 6.61 Å². The van der Waals surface area contributed by atoms with Crippen molar-refractivity contribution in [3.05, 3.63) is 35.9 Å². The zero-order chi connectivity index (χ0) is 11.9. The summed E-state index contributed by atoms with van der Waals surface area (Å²) in [5.74, 6) is 0.626. The number of hydrogen-bond donors (Lipinski definition) is 1. The van der Waals surface area contributed by atoms with Gasteiger partial charge < -0.3 is 5.11 Å². The summed E-state index contributed by atoms with van der Waals surface area (Å²) in [7, 11) is 0. The van der Waals surface area contributed by atoms with E-state index in [0.29, 0.717) is 5.92 Å². The highest BCUT2D eigenvalue weighted by molar-refractivity contribution is 5.61. The minimum Gasteiger partial charge on any atom is -0.394 e. The third kappa shape index (κ3) is 3.67. The van der Waals surface area contributed by atoms with E-state index in [4.69, 9.17) is 0 Å². The van der Waals surface area contributed by atoms with Gasteiger partial charge >= 0.3 is 0 Å². The van der Waals surface area contributed by atoms with Crippen LogP contribution in [-0.2, 0) is 0 Å². The number of aliphatic hydroxyl groups is 1. The zero-order valence-electron chi connectivity index (χ0n) is 10.3. The Morgan fingerprint density at radius 3 is 2.53 bits per heavy atom. The lowest BCUT2D eigenvalue weighted by molar-refractivity contribution is 0.268. The summed E-state index contributed by atoms with van der Waals surface area (Å²) < 4.78 is 0. The molecule has 0 saturated heterocycles. The molecule has 1 aromatic rings. The molecule has 0 bridgehead atoms. The van der Waals surface area contributed by atoms with Gasteiger partial charge in [0.25, 0.3) is 0 Å². The summed E-state index contributed by atoms with van der Waals surface area (Å²) in [6, 6.07) is 9.95. The lowest BCUT2D eigenvalue weighted by Crippen LogP contribution is -2.09. The molecule has 92 valence electrons. The topological polar surface area (TPSA) is 32.6 Å². The maximum atomic E-state index is 9.40. The van der Waals surface area contributed by atoms with Crippen molar-refractivity contribution in [1.82, 2.24) is 0 Å². The van der Waals surface area contributed by atoms with Crippen molar-refractivity contribution in [2.45, 2.75) is 38.1 Å². The Balaban J connectivity index is 1.97. The normalized spacial score (nSPS) is 19.6. The van der Waals surface area contributed by atoms with E-state index in [9.17, 15) is 5.11 Å². The summed E-state index contributed by atoms with van der Waals surface area (Å²) in [6.07, 6.45) is 8.62. The Labute approximate surface area is 103 Å². The first kappa shape index (κ1) is 12.3. The Morgan fingerprint density at radius 2 is 1.88 bits per heavy atom. The number of rotatable bonds is 4. The number of aliphatic imine (C=N–C) groups is 1. The number of aliphatic hydroxyl groups excluding tert-OH is 1. The lowest BCUT2D eigenvalue weighted by Gasteiger charge is -2.18. The van der Waals surface area contributed by atoms with Crippen LogP contribution in [-0.4, -0.2) is 17.9 Å². The molecule has 2 heteroatoms. The van der Waals surface area contributed by atoms with E-state index in [2.05, 4.69) is 11.2 Å². The fourth-order valence-electron chi connectivity index (χ4n) is 2.42. The standard InChI is InChI=1S/C15H21NO/c17-12-15(14-9-5-2-6-10-14)16-11-13-7-3-1-4-8-13/h2,5-6,9-11,13,15,17H,1,3-4,7-8,12H2/t15-/m0/s1. The lowest BCUT2D eigenvalue weighted by atomic mass is 9.90. The van der Waals surface area contributed by atoms with Crippen molar-refractivity contribution in [3.63, 3.8) is 0 Å². The number of benzene rings is 1. The molecule has 1 fully saturated rings. The molecule has 1 aromatic carbocycles. The molecule has 0 unspecified atom stereocenters. The van der Waals surface area contributed by atoms with E-state index in [1.807, 2.05) is 30.3 Å². The maximum Gasteiger partial charge on any atom is 0.0975 e. The highest BCUT2D eigenvalue weighted by atomic mass is 16.3. The first-order valence-corrected chi connectivity index (χ1v) is 6.59. The molecule has 2 nitrogen and oxygen atoms in total. The van der Waals surface area contributed by atoms with Crippen LogP contribution in [0.1, 0.15) is 43.7 Å². The smallest absolute Gasteiger partial charge is 0.0975 e. The summed E-state index contributed by atoms with van der Waals surface area (Å²) >= 11 is 0. The molecular formula is C15H21NO. The molecule has 17 heavy (non-hydrogen) atoms. The third-order valence-electron chi connectivity index (χ3n) is 3.48. The van der Waals surface area contributed by atoms with E-state index < -0.39 is 0 Å². The summed E-state index contributed by atoms with van der Waals surface area (Å²) in [4.78, 5) is 4.56. The average Bonchev–Trinajstić information content (AvgIpc) is 2.42. The molecule has 1 aliphatic carbocycles. The van der Waals surface area contributed by atoms with Crippen molar-refractivity contribution < 1.29 is 5.11 Å². The summed E-state index contributed by atoms with van der Waals surface area (Å²) in [5, 5.41) is 9.40. The molecule has 1 atom stereocenters. The molecule has 1 N–H and O–H groups in total. The van der Waals surface area contributed by atoms with Gasteiger partial charge in [-0.3, -0.25) is 4.99 Å². The predicted octanol–water partition coefficient (Wildman–Crippen LogP) is 3.37. The van der Waals surface area contributed by atoms with Crippen LogP contribution in [0.5, 0.6) is 0 Å². The number of hydrogen-bond acceptors (Lipinski definition) is 2. The average molecular weight is 231 g/mol. The van der Waals surface area contributed by atoms with E-state index >= 15 is 0 Å². The SMILES string of the molecule is OC[C@H](N=CC1CCCCC1)c1ccccc1. The molecule has 0 aliphatic heterocycles. The fourth-order valence-corrected chi connectivity index (χ4v) is 2.42. The van der Waals surface area contributed by atoms with Gasteiger partial charge in [-0.1, -0.05) is 49.6 Å². The first-order chi connectivity index (χ1) is 8.40. The molecular weight excluding hydrogens is 210 g/mol. The minimum atomic E-state index is -0.0851. The van der Waals surface area contributed by atoms with Crippen LogP contribution in [0.2, 0.25) is 0 Å². The minimum absolute atomic E-state index is 0.0851. The first-order valence-electron chi connectivity index (χ1n) is 6.59. The second-order valence-corrected chi connectivity index (χ2v) is 4.81. The molecule has 0 spiro atoms. The van der Waals surface area contributed by atoms with Gasteiger partial charge in [0.1, 0.15) is 0 Å². The summed E-state index contributed by atoms with van der Waals surface area (Å²) in [6.45, 7) is 0.0905. The van der Waals surface area contributed by atoms with Crippen LogP contribution in [0.15, 0.2) is 35.3 Å². The van der Waals surface area contributed by atoms with Gasteiger partial charge in [0, 0.05) is 6.21 Å². The molecule has 0 amide bonds. The van der Waals surface area contributed by atoms with Gasteiger partial charge in [-0.15, -0.1) is 0 Å². The second-order valence-electron chi connectivity index (χ2n) is 4.81. The van der Waals surface area contributed by atoms with Crippen LogP contribution < -0.4 is 0 Å². The molecule has 1 saturated carbocycles. The van der Waals surface area contributed by atoms with Crippen LogP contribution in [0, 0.1) is 5.92 Å². The molecule has 0 aromatic heterocycles. The second kappa shape index (κ2) is 6.55. The van der Waals surface area contributed by atoms with E-state index in [1.165, 1.54) is 32.1 Å². The highest BCUT2D eigenvalue weighted by Crippen LogP contribution is 2.23.